The van der Waals surface area contributed by atoms with Gasteiger partial charge in [-0.15, -0.1) is 11.3 Å². The monoisotopic (exact) mass is 485 g/mol. The number of rotatable bonds is 5. The molecule has 1 unspecified atom stereocenters. The number of aromatic amines is 1. The maximum absolute atomic E-state index is 12.9. The maximum atomic E-state index is 12.9. The fourth-order valence-electron chi connectivity index (χ4n) is 4.34. The highest BCUT2D eigenvalue weighted by Crippen LogP contribution is 2.36. The molecule has 1 atom stereocenters. The van der Waals surface area contributed by atoms with Gasteiger partial charge < -0.3 is 14.1 Å². The van der Waals surface area contributed by atoms with Crippen molar-refractivity contribution in [1.29, 1.82) is 5.26 Å². The molecule has 3 aromatic heterocycles. The van der Waals surface area contributed by atoms with Crippen LogP contribution in [0.5, 0.6) is 0 Å². The minimum atomic E-state index is -0.375. The molecule has 3 heterocycles. The highest BCUT2D eigenvalue weighted by molar-refractivity contribution is 7.18. The van der Waals surface area contributed by atoms with E-state index < -0.39 is 0 Å². The predicted molar refractivity (Wildman–Crippen MR) is 135 cm³/mol. The van der Waals surface area contributed by atoms with Crippen LogP contribution in [-0.4, -0.2) is 22.5 Å². The first kappa shape index (κ1) is 22.8. The molecule has 1 aromatic carbocycles. The molecular formula is C27H23N3O4S. The number of benzene rings is 1. The largest absolute Gasteiger partial charge is 0.462 e. The lowest BCUT2D eigenvalue weighted by Gasteiger charge is -2.17. The Morgan fingerprint density at radius 3 is 2.86 bits per heavy atom. The lowest BCUT2D eigenvalue weighted by atomic mass is 9.89. The molecule has 0 radical (unpaired) electrons. The van der Waals surface area contributed by atoms with E-state index in [-0.39, 0.29) is 22.9 Å². The van der Waals surface area contributed by atoms with E-state index in [4.69, 9.17) is 9.15 Å². The van der Waals surface area contributed by atoms with Crippen molar-refractivity contribution < 1.29 is 13.9 Å². The zero-order valence-corrected chi connectivity index (χ0v) is 20.2. The third-order valence-electron chi connectivity index (χ3n) is 6.13. The molecule has 0 saturated carbocycles. The summed E-state index contributed by atoms with van der Waals surface area (Å²) in [5.74, 6) is 1.49. The number of hydrogen-bond acceptors (Lipinski definition) is 7. The van der Waals surface area contributed by atoms with E-state index in [1.807, 2.05) is 0 Å². The topological polar surface area (TPSA) is 109 Å². The van der Waals surface area contributed by atoms with Gasteiger partial charge >= 0.3 is 5.97 Å². The average molecular weight is 486 g/mol. The number of esters is 1. The molecule has 0 spiro atoms. The Kier molecular flexibility index (Phi) is 6.10. The number of H-pyrrole nitrogens is 1. The third kappa shape index (κ3) is 4.43. The van der Waals surface area contributed by atoms with E-state index in [2.05, 4.69) is 23.0 Å². The van der Waals surface area contributed by atoms with Crippen molar-refractivity contribution in [1.82, 2.24) is 9.97 Å². The molecule has 0 fully saturated rings. The number of hydrogen-bond donors (Lipinski definition) is 1. The second-order valence-electron chi connectivity index (χ2n) is 8.62. The van der Waals surface area contributed by atoms with Gasteiger partial charge in [-0.1, -0.05) is 19.1 Å². The van der Waals surface area contributed by atoms with Crippen molar-refractivity contribution in [2.75, 3.05) is 6.61 Å². The molecule has 1 N–H and O–H groups in total. The van der Waals surface area contributed by atoms with Crippen LogP contribution in [0.15, 0.2) is 45.6 Å². The quantitative estimate of drug-likeness (QED) is 0.291. The number of nitrogens with one attached hydrogen (secondary N) is 1. The van der Waals surface area contributed by atoms with Crippen LogP contribution in [0.2, 0.25) is 0 Å². The zero-order chi connectivity index (χ0) is 24.5. The van der Waals surface area contributed by atoms with Crippen LogP contribution in [0.3, 0.4) is 0 Å². The van der Waals surface area contributed by atoms with Gasteiger partial charge in [0.2, 0.25) is 0 Å². The molecule has 1 aliphatic carbocycles. The molecule has 0 bridgehead atoms. The van der Waals surface area contributed by atoms with Gasteiger partial charge in [-0.05, 0) is 61.9 Å². The number of carbonyl (C=O) groups excluding carboxylic acids is 1. The van der Waals surface area contributed by atoms with Gasteiger partial charge in [0, 0.05) is 16.5 Å². The number of carbonyl (C=O) groups is 1. The molecule has 1 aliphatic rings. The summed E-state index contributed by atoms with van der Waals surface area (Å²) in [5.41, 5.74) is 2.35. The molecule has 5 rings (SSSR count). The standard InChI is InChI=1S/C27H23N3O4S/c1-3-33-27(32)17-7-5-16(6-8-17)21-11-9-19(34-21)13-18(14-28)24-29-25(31)23-20-10-4-15(2)12-22(20)35-26(23)30-24/h5-9,11,13,15H,3-4,10,12H2,1-2H3,(H,29,30,31)/b18-13+. The first-order valence-electron chi connectivity index (χ1n) is 11.5. The zero-order valence-electron chi connectivity index (χ0n) is 19.4. The smallest absolute Gasteiger partial charge is 0.338 e. The Balaban J connectivity index is 1.44. The van der Waals surface area contributed by atoms with Gasteiger partial charge in [0.25, 0.3) is 5.56 Å². The molecule has 0 amide bonds. The molecule has 7 nitrogen and oxygen atoms in total. The molecule has 35 heavy (non-hydrogen) atoms. The van der Waals surface area contributed by atoms with Crippen LogP contribution in [0.25, 0.3) is 33.2 Å². The van der Waals surface area contributed by atoms with Crippen molar-refractivity contribution in [2.24, 2.45) is 5.92 Å². The van der Waals surface area contributed by atoms with E-state index in [1.165, 1.54) is 4.88 Å². The fourth-order valence-corrected chi connectivity index (χ4v) is 5.73. The van der Waals surface area contributed by atoms with E-state index in [1.54, 1.807) is 60.7 Å². The van der Waals surface area contributed by atoms with Gasteiger partial charge in [-0.2, -0.15) is 5.26 Å². The summed E-state index contributed by atoms with van der Waals surface area (Å²) in [6.45, 7) is 4.30. The number of aromatic nitrogens is 2. The summed E-state index contributed by atoms with van der Waals surface area (Å²) in [6.07, 6.45) is 4.48. The summed E-state index contributed by atoms with van der Waals surface area (Å²) in [6, 6.07) is 12.6. The number of ether oxygens (including phenoxy) is 1. The number of nitrogens with zero attached hydrogens (tertiary/aromatic N) is 2. The molecule has 0 saturated heterocycles. The van der Waals surface area contributed by atoms with E-state index in [9.17, 15) is 14.9 Å². The van der Waals surface area contributed by atoms with Crippen molar-refractivity contribution >= 4 is 39.2 Å². The minimum Gasteiger partial charge on any atom is -0.462 e. The highest BCUT2D eigenvalue weighted by atomic mass is 32.1. The Hall–Kier alpha value is -3.96. The van der Waals surface area contributed by atoms with Crippen LogP contribution < -0.4 is 5.56 Å². The molecule has 176 valence electrons. The molecule has 4 aromatic rings. The number of fused-ring (bicyclic) bond motifs is 3. The Morgan fingerprint density at radius 2 is 2.11 bits per heavy atom. The maximum Gasteiger partial charge on any atom is 0.338 e. The average Bonchev–Trinajstić information content (AvgIpc) is 3.47. The lowest BCUT2D eigenvalue weighted by Crippen LogP contribution is -2.14. The number of nitriles is 1. The fraction of sp³-hybridized carbons (Fsp3) is 0.259. The van der Waals surface area contributed by atoms with Gasteiger partial charge in [0.15, 0.2) is 5.82 Å². The van der Waals surface area contributed by atoms with Crippen LogP contribution in [0.4, 0.5) is 0 Å². The van der Waals surface area contributed by atoms with E-state index >= 15 is 0 Å². The van der Waals surface area contributed by atoms with Crippen LogP contribution in [0.1, 0.15) is 52.7 Å². The normalized spacial score (nSPS) is 15.6. The number of thiophene rings is 1. The number of allylic oxidation sites excluding steroid dienone is 1. The molecule has 8 heteroatoms. The summed E-state index contributed by atoms with van der Waals surface area (Å²) >= 11 is 1.55. The van der Waals surface area contributed by atoms with Crippen molar-refractivity contribution in [2.45, 2.75) is 33.1 Å². The van der Waals surface area contributed by atoms with Gasteiger partial charge in [0.1, 0.15) is 22.4 Å². The van der Waals surface area contributed by atoms with Crippen molar-refractivity contribution in [3.63, 3.8) is 0 Å². The minimum absolute atomic E-state index is 0.208. The van der Waals surface area contributed by atoms with E-state index in [0.29, 0.717) is 39.8 Å². The second kappa shape index (κ2) is 9.35. The molecular weight excluding hydrogens is 462 g/mol. The van der Waals surface area contributed by atoms with Crippen LogP contribution >= 0.6 is 11.3 Å². The number of aryl methyl sites for hydroxylation is 1. The van der Waals surface area contributed by atoms with Gasteiger partial charge in [-0.25, -0.2) is 9.78 Å². The first-order valence-corrected chi connectivity index (χ1v) is 12.3. The third-order valence-corrected chi connectivity index (χ3v) is 7.28. The first-order chi connectivity index (χ1) is 17.0. The van der Waals surface area contributed by atoms with E-state index in [0.717, 1.165) is 30.4 Å². The summed E-state index contributed by atoms with van der Waals surface area (Å²) in [4.78, 5) is 34.1. The predicted octanol–water partition coefficient (Wildman–Crippen LogP) is 5.61. The SMILES string of the molecule is CCOC(=O)c1ccc(-c2ccc(/C=C(\C#N)c3nc4sc5c(c4c(=O)[nH]3)CCC(C)C5)o2)cc1. The van der Waals surface area contributed by atoms with Crippen molar-refractivity contribution in [3.05, 3.63) is 74.3 Å². The van der Waals surface area contributed by atoms with Gasteiger partial charge in [-0.3, -0.25) is 4.79 Å². The van der Waals surface area contributed by atoms with Gasteiger partial charge in [0.05, 0.1) is 23.1 Å². The summed E-state index contributed by atoms with van der Waals surface area (Å²) in [5, 5.41) is 10.4. The highest BCUT2D eigenvalue weighted by Gasteiger charge is 2.23. The van der Waals surface area contributed by atoms with Crippen LogP contribution in [0, 0.1) is 17.2 Å². The van der Waals surface area contributed by atoms with Crippen molar-refractivity contribution in [3.8, 4) is 17.4 Å². The number of furan rings is 1. The summed E-state index contributed by atoms with van der Waals surface area (Å²) < 4.78 is 10.9. The molecule has 0 aliphatic heterocycles. The van der Waals surface area contributed by atoms with Crippen LogP contribution in [-0.2, 0) is 17.6 Å². The Morgan fingerprint density at radius 1 is 1.31 bits per heavy atom. The lowest BCUT2D eigenvalue weighted by molar-refractivity contribution is 0.0526. The Labute approximate surface area is 205 Å². The summed E-state index contributed by atoms with van der Waals surface area (Å²) in [7, 11) is 0. The Bertz CT molecular complexity index is 1550. The second-order valence-corrected chi connectivity index (χ2v) is 9.70.